The van der Waals surface area contributed by atoms with E-state index in [1.165, 1.54) is 23.4 Å². The summed E-state index contributed by atoms with van der Waals surface area (Å²) in [5, 5.41) is 15.5. The van der Waals surface area contributed by atoms with E-state index in [-0.39, 0.29) is 29.5 Å². The Kier molecular flexibility index (Phi) is 6.28. The maximum absolute atomic E-state index is 13.0. The Morgan fingerprint density at radius 1 is 1.23 bits per heavy atom. The third-order valence-electron chi connectivity index (χ3n) is 6.00. The van der Waals surface area contributed by atoms with Crippen LogP contribution in [0.2, 0.25) is 0 Å². The van der Waals surface area contributed by atoms with Crippen molar-refractivity contribution in [2.45, 2.75) is 38.9 Å². The minimum absolute atomic E-state index is 0.165. The molecular weight excluding hydrogens is 400 g/mol. The highest BCUT2D eigenvalue weighted by atomic mass is 16.6. The Hall–Kier alpha value is -2.85. The van der Waals surface area contributed by atoms with Crippen molar-refractivity contribution in [1.82, 2.24) is 24.6 Å². The number of likely N-dealkylation sites (tertiary alicyclic amines) is 1. The maximum atomic E-state index is 13.0. The van der Waals surface area contributed by atoms with Crippen molar-refractivity contribution >= 4 is 11.6 Å². The molecule has 2 saturated heterocycles. The second kappa shape index (κ2) is 9.11. The quantitative estimate of drug-likeness (QED) is 0.530. The predicted molar refractivity (Wildman–Crippen MR) is 113 cm³/mol. The lowest BCUT2D eigenvalue weighted by atomic mass is 9.95. The van der Waals surface area contributed by atoms with Crippen molar-refractivity contribution in [3.63, 3.8) is 0 Å². The lowest BCUT2D eigenvalue weighted by Gasteiger charge is -2.39. The van der Waals surface area contributed by atoms with Gasteiger partial charge in [-0.05, 0) is 44.7 Å². The zero-order chi connectivity index (χ0) is 22.0. The van der Waals surface area contributed by atoms with E-state index >= 15 is 0 Å². The minimum atomic E-state index is -0.496. The largest absolute Gasteiger partial charge is 0.373 e. The first-order valence-corrected chi connectivity index (χ1v) is 10.7. The summed E-state index contributed by atoms with van der Waals surface area (Å²) in [6, 6.07) is 4.50. The molecule has 10 nitrogen and oxygen atoms in total. The Labute approximate surface area is 180 Å². The summed E-state index contributed by atoms with van der Waals surface area (Å²) in [6.45, 7) is 8.47. The van der Waals surface area contributed by atoms with E-state index in [0.29, 0.717) is 24.6 Å². The van der Waals surface area contributed by atoms with E-state index in [1.54, 1.807) is 17.0 Å². The third-order valence-corrected chi connectivity index (χ3v) is 6.00. The van der Waals surface area contributed by atoms with Gasteiger partial charge in [-0.15, -0.1) is 0 Å². The summed E-state index contributed by atoms with van der Waals surface area (Å²) in [4.78, 5) is 32.1. The van der Waals surface area contributed by atoms with Crippen LogP contribution in [0.25, 0.3) is 5.69 Å². The van der Waals surface area contributed by atoms with Crippen LogP contribution in [0.15, 0.2) is 30.9 Å². The summed E-state index contributed by atoms with van der Waals surface area (Å²) < 4.78 is 7.13. The van der Waals surface area contributed by atoms with E-state index in [1.807, 2.05) is 0 Å². The highest BCUT2D eigenvalue weighted by Gasteiger charge is 2.29. The van der Waals surface area contributed by atoms with Gasteiger partial charge < -0.3 is 9.64 Å². The molecule has 0 saturated carbocycles. The minimum Gasteiger partial charge on any atom is -0.373 e. The third kappa shape index (κ3) is 4.91. The highest BCUT2D eigenvalue weighted by Crippen LogP contribution is 2.26. The maximum Gasteiger partial charge on any atom is 0.295 e. The number of hydrogen-bond donors (Lipinski definition) is 0. The molecule has 0 N–H and O–H groups in total. The predicted octanol–water partition coefficient (Wildman–Crippen LogP) is 2.14. The molecule has 3 heterocycles. The fourth-order valence-corrected chi connectivity index (χ4v) is 4.63. The molecule has 2 aromatic rings. The first-order valence-electron chi connectivity index (χ1n) is 10.7. The number of ether oxygens (including phenoxy) is 1. The molecule has 1 aromatic carbocycles. The molecule has 4 rings (SSSR count). The number of amides is 1. The molecule has 2 unspecified atom stereocenters. The topological polar surface area (TPSA) is 107 Å². The number of piperidine rings is 1. The molecule has 10 heteroatoms. The Balaban J connectivity index is 1.38. The van der Waals surface area contributed by atoms with Gasteiger partial charge >= 0.3 is 0 Å². The van der Waals surface area contributed by atoms with Gasteiger partial charge in [-0.1, -0.05) is 0 Å². The second-order valence-corrected chi connectivity index (χ2v) is 8.51. The van der Waals surface area contributed by atoms with Crippen LogP contribution < -0.4 is 0 Å². The molecule has 0 aliphatic carbocycles. The lowest BCUT2D eigenvalue weighted by Crippen LogP contribution is -2.48. The standard InChI is InChI=1S/C21H28N6O4/c1-15-10-24(11-16(2)31-15)12-17-5-7-25(8-6-17)21(28)18-3-4-19(20(9-18)27(29)30)26-14-22-13-23-26/h3-4,9,13-17H,5-8,10-12H2,1-2H3. The molecule has 0 spiro atoms. The van der Waals surface area contributed by atoms with Gasteiger partial charge in [0.25, 0.3) is 11.6 Å². The van der Waals surface area contributed by atoms with Gasteiger partial charge in [0.1, 0.15) is 18.3 Å². The number of benzene rings is 1. The van der Waals surface area contributed by atoms with E-state index in [4.69, 9.17) is 4.74 Å². The molecule has 2 fully saturated rings. The number of carbonyl (C=O) groups excluding carboxylic acids is 1. The number of morpholine rings is 1. The number of rotatable bonds is 5. The zero-order valence-corrected chi connectivity index (χ0v) is 17.9. The summed E-state index contributed by atoms with van der Waals surface area (Å²) in [5.41, 5.74) is 0.443. The number of nitro benzene ring substituents is 1. The Morgan fingerprint density at radius 3 is 2.55 bits per heavy atom. The summed E-state index contributed by atoms with van der Waals surface area (Å²) in [5.74, 6) is 0.380. The lowest BCUT2D eigenvalue weighted by molar-refractivity contribution is -0.384. The molecular formula is C21H28N6O4. The SMILES string of the molecule is CC1CN(CC2CCN(C(=O)c3ccc(-n4cncn4)c([N+](=O)[O-])c3)CC2)CC(C)O1. The van der Waals surface area contributed by atoms with Crippen molar-refractivity contribution in [2.24, 2.45) is 5.92 Å². The number of nitrogens with zero attached hydrogens (tertiary/aromatic N) is 6. The molecule has 0 bridgehead atoms. The van der Waals surface area contributed by atoms with E-state index in [0.717, 1.165) is 32.5 Å². The van der Waals surface area contributed by atoms with Crippen molar-refractivity contribution in [2.75, 3.05) is 32.7 Å². The van der Waals surface area contributed by atoms with Crippen LogP contribution >= 0.6 is 0 Å². The van der Waals surface area contributed by atoms with E-state index < -0.39 is 4.92 Å². The summed E-state index contributed by atoms with van der Waals surface area (Å²) in [6.07, 6.45) is 5.08. The normalized spacial score (nSPS) is 23.1. The molecule has 1 amide bonds. The van der Waals surface area contributed by atoms with Gasteiger partial charge in [0, 0.05) is 44.4 Å². The van der Waals surface area contributed by atoms with Gasteiger partial charge in [0.15, 0.2) is 0 Å². The second-order valence-electron chi connectivity index (χ2n) is 8.51. The van der Waals surface area contributed by atoms with Crippen molar-refractivity contribution < 1.29 is 14.5 Å². The molecule has 166 valence electrons. The monoisotopic (exact) mass is 428 g/mol. The fraction of sp³-hybridized carbons (Fsp3) is 0.571. The van der Waals surface area contributed by atoms with Gasteiger partial charge in [-0.3, -0.25) is 19.8 Å². The number of carbonyl (C=O) groups is 1. The number of aromatic nitrogens is 3. The van der Waals surface area contributed by atoms with Crippen LogP contribution in [0.4, 0.5) is 5.69 Å². The average molecular weight is 428 g/mol. The summed E-state index contributed by atoms with van der Waals surface area (Å²) in [7, 11) is 0. The number of nitro groups is 1. The van der Waals surface area contributed by atoms with Crippen LogP contribution in [-0.4, -0.2) is 80.3 Å². The Morgan fingerprint density at radius 2 is 1.94 bits per heavy atom. The molecule has 2 aliphatic heterocycles. The molecule has 2 atom stereocenters. The fourth-order valence-electron chi connectivity index (χ4n) is 4.63. The molecule has 31 heavy (non-hydrogen) atoms. The van der Waals surface area contributed by atoms with Crippen LogP contribution in [-0.2, 0) is 4.74 Å². The van der Waals surface area contributed by atoms with Gasteiger partial charge in [-0.25, -0.2) is 9.67 Å². The van der Waals surface area contributed by atoms with Gasteiger partial charge in [0.05, 0.1) is 17.1 Å². The molecule has 1 aromatic heterocycles. The smallest absolute Gasteiger partial charge is 0.295 e. The van der Waals surface area contributed by atoms with Crippen LogP contribution in [0.1, 0.15) is 37.0 Å². The van der Waals surface area contributed by atoms with Crippen LogP contribution in [0, 0.1) is 16.0 Å². The van der Waals surface area contributed by atoms with Crippen molar-refractivity contribution in [3.05, 3.63) is 46.5 Å². The molecule has 2 aliphatic rings. The molecule has 0 radical (unpaired) electrons. The van der Waals surface area contributed by atoms with Gasteiger partial charge in [0.2, 0.25) is 0 Å². The number of hydrogen-bond acceptors (Lipinski definition) is 7. The first kappa shape index (κ1) is 21.4. The highest BCUT2D eigenvalue weighted by molar-refractivity contribution is 5.95. The van der Waals surface area contributed by atoms with Crippen molar-refractivity contribution in [3.8, 4) is 5.69 Å². The van der Waals surface area contributed by atoms with Crippen molar-refractivity contribution in [1.29, 1.82) is 0 Å². The van der Waals surface area contributed by atoms with Gasteiger partial charge in [-0.2, -0.15) is 5.10 Å². The van der Waals surface area contributed by atoms with Crippen LogP contribution in [0.5, 0.6) is 0 Å². The van der Waals surface area contributed by atoms with E-state index in [2.05, 4.69) is 28.8 Å². The van der Waals surface area contributed by atoms with E-state index in [9.17, 15) is 14.9 Å². The summed E-state index contributed by atoms with van der Waals surface area (Å²) >= 11 is 0. The van der Waals surface area contributed by atoms with Crippen LogP contribution in [0.3, 0.4) is 0 Å². The first-order chi connectivity index (χ1) is 14.9. The zero-order valence-electron chi connectivity index (χ0n) is 17.9. The average Bonchev–Trinajstić information content (AvgIpc) is 3.27. The Bertz CT molecular complexity index is 916.